The molecule has 0 fully saturated rings. The number of amides is 1. The van der Waals surface area contributed by atoms with Gasteiger partial charge >= 0.3 is 0 Å². The van der Waals surface area contributed by atoms with Gasteiger partial charge in [0.15, 0.2) is 5.82 Å². The number of carbonyl (C=O) groups is 1. The van der Waals surface area contributed by atoms with E-state index in [2.05, 4.69) is 4.98 Å². The largest absolute Gasteiger partial charge is 0.366 e. The first-order chi connectivity index (χ1) is 9.63. The molecule has 104 valence electrons. The lowest BCUT2D eigenvalue weighted by molar-refractivity contribution is 0.0996. The van der Waals surface area contributed by atoms with Crippen LogP contribution in [0.1, 0.15) is 27.5 Å². The Hall–Kier alpha value is -1.94. The van der Waals surface area contributed by atoms with Crippen molar-refractivity contribution < 1.29 is 9.18 Å². The van der Waals surface area contributed by atoms with Crippen molar-refractivity contribution in [3.05, 3.63) is 65.2 Å². The second kappa shape index (κ2) is 6.48. The molecule has 1 amide bonds. The molecule has 0 saturated carbocycles. The standard InChI is InChI=1S/C15H14ClFN2O/c16-9-11(8-10-4-2-1-3-5-10)14-13(17)12(15(18)20)6-7-19-14/h1-7,11H,8-9H2,(H2,18,20). The molecule has 0 radical (unpaired) electrons. The lowest BCUT2D eigenvalue weighted by Crippen LogP contribution is -2.17. The summed E-state index contributed by atoms with van der Waals surface area (Å²) in [5, 5.41) is 0. The van der Waals surface area contributed by atoms with Gasteiger partial charge < -0.3 is 5.73 Å². The zero-order valence-corrected chi connectivity index (χ0v) is 11.5. The number of halogens is 2. The number of alkyl halides is 1. The molecule has 0 aliphatic rings. The van der Waals surface area contributed by atoms with Crippen molar-refractivity contribution in [1.29, 1.82) is 0 Å². The normalized spacial score (nSPS) is 12.1. The molecule has 0 spiro atoms. The molecule has 2 N–H and O–H groups in total. The fraction of sp³-hybridized carbons (Fsp3) is 0.200. The molecule has 0 aliphatic heterocycles. The Kier molecular flexibility index (Phi) is 4.69. The van der Waals surface area contributed by atoms with Crippen LogP contribution >= 0.6 is 11.6 Å². The minimum atomic E-state index is -0.806. The van der Waals surface area contributed by atoms with Crippen molar-refractivity contribution in [1.82, 2.24) is 4.98 Å². The Bertz CT molecular complexity index is 604. The Morgan fingerprint density at radius 2 is 2.00 bits per heavy atom. The summed E-state index contributed by atoms with van der Waals surface area (Å²) in [5.41, 5.74) is 6.20. The number of hydrogen-bond acceptors (Lipinski definition) is 2. The van der Waals surface area contributed by atoms with Gasteiger partial charge in [-0.2, -0.15) is 0 Å². The van der Waals surface area contributed by atoms with Crippen LogP contribution < -0.4 is 5.73 Å². The smallest absolute Gasteiger partial charge is 0.251 e. The molecule has 0 saturated heterocycles. The van der Waals surface area contributed by atoms with Crippen molar-refractivity contribution in [3.8, 4) is 0 Å². The van der Waals surface area contributed by atoms with Crippen molar-refractivity contribution in [3.63, 3.8) is 0 Å². The molecule has 1 aromatic heterocycles. The number of nitrogens with zero attached hydrogens (tertiary/aromatic N) is 1. The fourth-order valence-corrected chi connectivity index (χ4v) is 2.31. The quantitative estimate of drug-likeness (QED) is 0.862. The third-order valence-corrected chi connectivity index (χ3v) is 3.45. The van der Waals surface area contributed by atoms with E-state index in [1.165, 1.54) is 12.3 Å². The minimum absolute atomic E-state index is 0.154. The van der Waals surface area contributed by atoms with Gasteiger partial charge in [-0.1, -0.05) is 30.3 Å². The third-order valence-electron chi connectivity index (χ3n) is 3.08. The van der Waals surface area contributed by atoms with E-state index in [4.69, 9.17) is 17.3 Å². The number of carbonyl (C=O) groups excluding carboxylic acids is 1. The second-order valence-electron chi connectivity index (χ2n) is 4.46. The molecule has 1 unspecified atom stereocenters. The lowest BCUT2D eigenvalue weighted by atomic mass is 9.96. The topological polar surface area (TPSA) is 56.0 Å². The SMILES string of the molecule is NC(=O)c1ccnc(C(CCl)Cc2ccccc2)c1F. The van der Waals surface area contributed by atoms with Crippen LogP contribution in [-0.4, -0.2) is 16.8 Å². The number of hydrogen-bond donors (Lipinski definition) is 1. The van der Waals surface area contributed by atoms with Crippen LogP contribution in [-0.2, 0) is 6.42 Å². The first-order valence-corrected chi connectivity index (χ1v) is 6.71. The van der Waals surface area contributed by atoms with E-state index in [0.717, 1.165) is 5.56 Å². The minimum Gasteiger partial charge on any atom is -0.366 e. The summed E-state index contributed by atoms with van der Waals surface area (Å²) in [6.07, 6.45) is 1.93. The number of primary amides is 1. The van der Waals surface area contributed by atoms with E-state index in [9.17, 15) is 9.18 Å². The van der Waals surface area contributed by atoms with Crippen LogP contribution in [0.25, 0.3) is 0 Å². The molecule has 2 aromatic rings. The van der Waals surface area contributed by atoms with Crippen LogP contribution in [0.3, 0.4) is 0 Å². The van der Waals surface area contributed by atoms with Gasteiger partial charge in [-0.05, 0) is 18.1 Å². The molecular weight excluding hydrogens is 279 g/mol. The van der Waals surface area contributed by atoms with Crippen molar-refractivity contribution in [2.75, 3.05) is 5.88 Å². The van der Waals surface area contributed by atoms with Crippen LogP contribution in [0, 0.1) is 5.82 Å². The van der Waals surface area contributed by atoms with E-state index in [1.807, 2.05) is 30.3 Å². The van der Waals surface area contributed by atoms with Crippen LogP contribution in [0.2, 0.25) is 0 Å². The average molecular weight is 293 g/mol. The summed E-state index contributed by atoms with van der Waals surface area (Å²) in [5.74, 6) is -1.58. The maximum Gasteiger partial charge on any atom is 0.251 e. The Labute approximate surface area is 121 Å². The first kappa shape index (κ1) is 14.5. The van der Waals surface area contributed by atoms with E-state index in [0.29, 0.717) is 6.42 Å². The highest BCUT2D eigenvalue weighted by molar-refractivity contribution is 6.18. The molecule has 0 bridgehead atoms. The maximum absolute atomic E-state index is 14.2. The van der Waals surface area contributed by atoms with Gasteiger partial charge in [-0.15, -0.1) is 11.6 Å². The Balaban J connectivity index is 2.33. The molecule has 1 atom stereocenters. The fourth-order valence-electron chi connectivity index (χ4n) is 2.06. The highest BCUT2D eigenvalue weighted by Gasteiger charge is 2.21. The monoisotopic (exact) mass is 292 g/mol. The highest BCUT2D eigenvalue weighted by atomic mass is 35.5. The number of benzene rings is 1. The molecule has 5 heteroatoms. The van der Waals surface area contributed by atoms with Gasteiger partial charge in [0.05, 0.1) is 11.3 Å². The summed E-state index contributed by atoms with van der Waals surface area (Å²) < 4.78 is 14.2. The van der Waals surface area contributed by atoms with Gasteiger partial charge in [0.1, 0.15) is 0 Å². The number of nitrogens with two attached hydrogens (primary N) is 1. The van der Waals surface area contributed by atoms with Crippen molar-refractivity contribution >= 4 is 17.5 Å². The zero-order valence-electron chi connectivity index (χ0n) is 10.7. The first-order valence-electron chi connectivity index (χ1n) is 6.17. The summed E-state index contributed by atoms with van der Waals surface area (Å²) in [6.45, 7) is 0. The number of rotatable bonds is 5. The lowest BCUT2D eigenvalue weighted by Gasteiger charge is -2.15. The summed E-state index contributed by atoms with van der Waals surface area (Å²) >= 11 is 5.93. The van der Waals surface area contributed by atoms with E-state index in [1.54, 1.807) is 0 Å². The number of aromatic nitrogens is 1. The summed E-state index contributed by atoms with van der Waals surface area (Å²) in [4.78, 5) is 15.2. The summed E-state index contributed by atoms with van der Waals surface area (Å²) in [7, 11) is 0. The molecule has 0 aliphatic carbocycles. The summed E-state index contributed by atoms with van der Waals surface area (Å²) in [6, 6.07) is 10.9. The van der Waals surface area contributed by atoms with E-state index >= 15 is 0 Å². The predicted molar refractivity (Wildman–Crippen MR) is 76.3 cm³/mol. The van der Waals surface area contributed by atoms with Crippen LogP contribution in [0.4, 0.5) is 4.39 Å². The molecular formula is C15H14ClFN2O. The van der Waals surface area contributed by atoms with Gasteiger partial charge in [0.25, 0.3) is 5.91 Å². The van der Waals surface area contributed by atoms with Crippen LogP contribution in [0.5, 0.6) is 0 Å². The zero-order chi connectivity index (χ0) is 14.5. The van der Waals surface area contributed by atoms with Gasteiger partial charge in [0, 0.05) is 18.0 Å². The molecule has 20 heavy (non-hydrogen) atoms. The second-order valence-corrected chi connectivity index (χ2v) is 4.77. The Morgan fingerprint density at radius 3 is 2.60 bits per heavy atom. The van der Waals surface area contributed by atoms with Crippen molar-refractivity contribution in [2.45, 2.75) is 12.3 Å². The number of pyridine rings is 1. The van der Waals surface area contributed by atoms with E-state index < -0.39 is 11.7 Å². The molecule has 3 nitrogen and oxygen atoms in total. The Morgan fingerprint density at radius 1 is 1.30 bits per heavy atom. The van der Waals surface area contributed by atoms with Crippen LogP contribution in [0.15, 0.2) is 42.6 Å². The van der Waals surface area contributed by atoms with Gasteiger partial charge in [-0.3, -0.25) is 9.78 Å². The van der Waals surface area contributed by atoms with Gasteiger partial charge in [0.2, 0.25) is 0 Å². The molecule has 2 rings (SSSR count). The predicted octanol–water partition coefficient (Wildman–Crippen LogP) is 2.88. The van der Waals surface area contributed by atoms with E-state index in [-0.39, 0.29) is 23.1 Å². The third kappa shape index (κ3) is 3.14. The van der Waals surface area contributed by atoms with Crippen molar-refractivity contribution in [2.24, 2.45) is 5.73 Å². The maximum atomic E-state index is 14.2. The molecule has 1 aromatic carbocycles. The highest BCUT2D eigenvalue weighted by Crippen LogP contribution is 2.24. The molecule has 1 heterocycles. The average Bonchev–Trinajstić information content (AvgIpc) is 2.46. The van der Waals surface area contributed by atoms with Gasteiger partial charge in [-0.25, -0.2) is 4.39 Å².